The van der Waals surface area contributed by atoms with E-state index < -0.39 is 5.91 Å². The van der Waals surface area contributed by atoms with Crippen molar-refractivity contribution in [1.82, 2.24) is 0 Å². The Labute approximate surface area is 55.4 Å². The van der Waals surface area contributed by atoms with Gasteiger partial charge in [0.05, 0.1) is 0 Å². The van der Waals surface area contributed by atoms with Crippen LogP contribution in [0.1, 0.15) is 12.8 Å². The number of hydrogen-bond donors (Lipinski definition) is 1. The van der Waals surface area contributed by atoms with Crippen LogP contribution in [0.5, 0.6) is 0 Å². The number of halogens is 1. The fourth-order valence-electron chi connectivity index (χ4n) is 0.221. The lowest BCUT2D eigenvalue weighted by Crippen LogP contribution is -2.10. The summed E-state index contributed by atoms with van der Waals surface area (Å²) in [6.45, 7) is 0. The molecule has 0 saturated heterocycles. The van der Waals surface area contributed by atoms with Crippen molar-refractivity contribution in [3.05, 3.63) is 0 Å². The average molecular weight is 180 g/mol. The largest absolute Gasteiger partial charge is 0.370 e. The zero-order chi connectivity index (χ0) is 6.57. The summed E-state index contributed by atoms with van der Waals surface area (Å²) in [5.41, 5.74) is 4.73. The van der Waals surface area contributed by atoms with Crippen LogP contribution in [0.15, 0.2) is 0 Å². The number of carbonyl (C=O) groups excluding carboxylic acids is 2. The Kier molecular flexibility index (Phi) is 3.43. The van der Waals surface area contributed by atoms with Crippen LogP contribution < -0.4 is 5.73 Å². The molecule has 0 saturated carbocycles. The van der Waals surface area contributed by atoms with Crippen LogP contribution in [0.25, 0.3) is 0 Å². The summed E-state index contributed by atoms with van der Waals surface area (Å²) < 4.78 is -0.184. The molecule has 4 heteroatoms. The molecule has 46 valence electrons. The smallest absolute Gasteiger partial charge is 0.217 e. The zero-order valence-electron chi connectivity index (χ0n) is 4.19. The van der Waals surface area contributed by atoms with Crippen LogP contribution in [0.4, 0.5) is 0 Å². The van der Waals surface area contributed by atoms with Crippen molar-refractivity contribution in [2.45, 2.75) is 12.8 Å². The van der Waals surface area contributed by atoms with E-state index in [-0.39, 0.29) is 17.5 Å². The molecular weight excluding hydrogens is 174 g/mol. The van der Waals surface area contributed by atoms with Gasteiger partial charge in [0, 0.05) is 12.8 Å². The van der Waals surface area contributed by atoms with E-state index in [2.05, 4.69) is 15.9 Å². The molecule has 0 fully saturated rings. The predicted octanol–water partition coefficient (Wildman–Crippen LogP) is 0.173. The maximum Gasteiger partial charge on any atom is 0.217 e. The van der Waals surface area contributed by atoms with Gasteiger partial charge in [0.2, 0.25) is 5.91 Å². The van der Waals surface area contributed by atoms with Crippen molar-refractivity contribution in [1.29, 1.82) is 0 Å². The summed E-state index contributed by atoms with van der Waals surface area (Å²) in [4.78, 5) is 20.0. The zero-order valence-corrected chi connectivity index (χ0v) is 5.77. The molecular formula is C4H6BrNO2. The molecule has 0 aliphatic heterocycles. The van der Waals surface area contributed by atoms with E-state index in [1.165, 1.54) is 0 Å². The summed E-state index contributed by atoms with van der Waals surface area (Å²) in [6.07, 6.45) is 0.319. The lowest BCUT2D eigenvalue weighted by molar-refractivity contribution is -0.120. The number of amides is 1. The highest BCUT2D eigenvalue weighted by atomic mass is 79.9. The second kappa shape index (κ2) is 3.60. The monoisotopic (exact) mass is 179 g/mol. The normalized spacial score (nSPS) is 8.62. The Bertz CT molecular complexity index is 98.6. The summed E-state index contributed by atoms with van der Waals surface area (Å²) in [5, 5.41) is 0. The summed E-state index contributed by atoms with van der Waals surface area (Å²) in [7, 11) is 0. The Hall–Kier alpha value is -0.380. The fraction of sp³-hybridized carbons (Fsp3) is 0.500. The second-order valence-electron chi connectivity index (χ2n) is 1.32. The van der Waals surface area contributed by atoms with Gasteiger partial charge in [-0.1, -0.05) is 0 Å². The molecule has 0 heterocycles. The molecule has 3 nitrogen and oxygen atoms in total. The Morgan fingerprint density at radius 1 is 1.38 bits per heavy atom. The lowest BCUT2D eigenvalue weighted by Gasteiger charge is -1.85. The number of rotatable bonds is 3. The van der Waals surface area contributed by atoms with Gasteiger partial charge in [0.25, 0.3) is 0 Å². The molecule has 0 aromatic heterocycles. The number of nitrogens with two attached hydrogens (primary N) is 1. The number of hydrogen-bond acceptors (Lipinski definition) is 2. The molecule has 0 aromatic carbocycles. The molecule has 2 N–H and O–H groups in total. The molecule has 0 aliphatic rings. The van der Waals surface area contributed by atoms with E-state index in [0.29, 0.717) is 0 Å². The first-order valence-corrected chi connectivity index (χ1v) is 2.89. The Balaban J connectivity index is 3.18. The SMILES string of the molecule is NC(=O)CCC(=O)Br. The van der Waals surface area contributed by atoms with Gasteiger partial charge in [0.1, 0.15) is 0 Å². The van der Waals surface area contributed by atoms with Gasteiger partial charge in [-0.3, -0.25) is 9.59 Å². The van der Waals surface area contributed by atoms with Crippen LogP contribution >= 0.6 is 15.9 Å². The lowest BCUT2D eigenvalue weighted by atomic mass is 10.3. The third kappa shape index (κ3) is 5.62. The molecule has 0 atom stereocenters. The van der Waals surface area contributed by atoms with E-state index in [4.69, 9.17) is 5.73 Å². The molecule has 0 aromatic rings. The summed E-state index contributed by atoms with van der Waals surface area (Å²) >= 11 is 2.66. The molecule has 1 amide bonds. The van der Waals surface area contributed by atoms with E-state index in [0.717, 1.165) is 0 Å². The Morgan fingerprint density at radius 3 is 2.00 bits per heavy atom. The minimum absolute atomic E-state index is 0.129. The predicted molar refractivity (Wildman–Crippen MR) is 32.4 cm³/mol. The van der Waals surface area contributed by atoms with E-state index in [1.807, 2.05) is 0 Å². The third-order valence-electron chi connectivity index (χ3n) is 0.568. The molecule has 0 bridgehead atoms. The van der Waals surface area contributed by atoms with Gasteiger partial charge in [-0.05, 0) is 15.9 Å². The molecule has 0 aliphatic carbocycles. The van der Waals surface area contributed by atoms with Crippen molar-refractivity contribution in [3.63, 3.8) is 0 Å². The van der Waals surface area contributed by atoms with Crippen LogP contribution in [-0.4, -0.2) is 10.6 Å². The van der Waals surface area contributed by atoms with Crippen molar-refractivity contribution < 1.29 is 9.59 Å². The number of primary amides is 1. The van der Waals surface area contributed by atoms with Gasteiger partial charge in [-0.25, -0.2) is 0 Å². The van der Waals surface area contributed by atoms with E-state index in [1.54, 1.807) is 0 Å². The van der Waals surface area contributed by atoms with Crippen molar-refractivity contribution in [2.24, 2.45) is 5.73 Å². The van der Waals surface area contributed by atoms with Crippen LogP contribution in [0.3, 0.4) is 0 Å². The maximum atomic E-state index is 10.1. The molecule has 0 spiro atoms. The minimum atomic E-state index is -0.446. The number of carbonyl (C=O) groups is 2. The van der Waals surface area contributed by atoms with Gasteiger partial charge >= 0.3 is 0 Å². The van der Waals surface area contributed by atoms with Crippen LogP contribution in [-0.2, 0) is 9.59 Å². The fourth-order valence-corrected chi connectivity index (χ4v) is 0.420. The van der Waals surface area contributed by atoms with Crippen molar-refractivity contribution in [3.8, 4) is 0 Å². The average Bonchev–Trinajstić information content (AvgIpc) is 1.61. The van der Waals surface area contributed by atoms with E-state index in [9.17, 15) is 9.59 Å². The van der Waals surface area contributed by atoms with Crippen LogP contribution in [0.2, 0.25) is 0 Å². The third-order valence-corrected chi connectivity index (χ3v) is 0.964. The quantitative estimate of drug-likeness (QED) is 0.629. The summed E-state index contributed by atoms with van der Waals surface area (Å²) in [5.74, 6) is -0.446. The van der Waals surface area contributed by atoms with E-state index >= 15 is 0 Å². The highest BCUT2D eigenvalue weighted by molar-refractivity contribution is 9.18. The topological polar surface area (TPSA) is 60.2 Å². The summed E-state index contributed by atoms with van der Waals surface area (Å²) in [6, 6.07) is 0. The first-order valence-electron chi connectivity index (χ1n) is 2.09. The second-order valence-corrected chi connectivity index (χ2v) is 2.21. The maximum absolute atomic E-state index is 10.1. The molecule has 0 unspecified atom stereocenters. The molecule has 8 heavy (non-hydrogen) atoms. The van der Waals surface area contributed by atoms with Gasteiger partial charge in [-0.15, -0.1) is 0 Å². The first kappa shape index (κ1) is 7.62. The molecule has 0 radical (unpaired) electrons. The first-order chi connectivity index (χ1) is 3.63. The van der Waals surface area contributed by atoms with Crippen molar-refractivity contribution >= 4 is 26.5 Å². The van der Waals surface area contributed by atoms with Gasteiger partial charge in [-0.2, -0.15) is 0 Å². The molecule has 0 rings (SSSR count). The van der Waals surface area contributed by atoms with Crippen molar-refractivity contribution in [2.75, 3.05) is 0 Å². The highest BCUT2D eigenvalue weighted by Gasteiger charge is 1.97. The van der Waals surface area contributed by atoms with Gasteiger partial charge in [0.15, 0.2) is 4.69 Å². The minimum Gasteiger partial charge on any atom is -0.370 e. The van der Waals surface area contributed by atoms with Gasteiger partial charge < -0.3 is 5.73 Å². The Morgan fingerprint density at radius 2 is 1.88 bits per heavy atom. The van der Waals surface area contributed by atoms with Crippen LogP contribution in [0, 0.1) is 0 Å². The standard InChI is InChI=1S/C4H6BrNO2/c5-3(7)1-2-4(6)8/h1-2H2,(H2,6,8). The highest BCUT2D eigenvalue weighted by Crippen LogP contribution is 1.94.